The highest BCUT2D eigenvalue weighted by atomic mass is 16.7. The molecule has 2 fully saturated rings. The number of hydrogen-bond acceptors (Lipinski definition) is 8. The lowest BCUT2D eigenvalue weighted by molar-refractivity contribution is -0.271. The fraction of sp³-hybridized carbons (Fsp3) is 1.00. The summed E-state index contributed by atoms with van der Waals surface area (Å²) in [7, 11) is 2.90. The van der Waals surface area contributed by atoms with Gasteiger partial charge in [0.25, 0.3) is 0 Å². The van der Waals surface area contributed by atoms with Crippen molar-refractivity contribution in [2.75, 3.05) is 14.2 Å². The van der Waals surface area contributed by atoms with Crippen LogP contribution in [0.3, 0.4) is 0 Å². The summed E-state index contributed by atoms with van der Waals surface area (Å²) in [6.07, 6.45) is -5.00. The highest BCUT2D eigenvalue weighted by Crippen LogP contribution is 2.26. The van der Waals surface area contributed by atoms with Crippen LogP contribution in [-0.2, 0) is 18.9 Å². The SMILES string of the molecule is CO[C@@H]1OC(C)[C@H](C)[C@@H](O)C1O.CO[C@@H]1OC(C)[C@H](C)[C@@H](O)C1O. The second-order valence-electron chi connectivity index (χ2n) is 6.57. The van der Waals surface area contributed by atoms with Crippen LogP contribution >= 0.6 is 0 Å². The molecule has 0 spiro atoms. The molecular formula is C16H32O8. The van der Waals surface area contributed by atoms with E-state index in [1.807, 2.05) is 27.7 Å². The van der Waals surface area contributed by atoms with Crippen molar-refractivity contribution in [2.45, 2.75) is 76.9 Å². The molecule has 2 rings (SSSR count). The molecule has 0 aromatic heterocycles. The van der Waals surface area contributed by atoms with Crippen molar-refractivity contribution in [3.63, 3.8) is 0 Å². The minimum atomic E-state index is -0.943. The van der Waals surface area contributed by atoms with Gasteiger partial charge in [-0.15, -0.1) is 0 Å². The van der Waals surface area contributed by atoms with Gasteiger partial charge in [-0.1, -0.05) is 13.8 Å². The molecule has 4 unspecified atom stereocenters. The maximum atomic E-state index is 9.51. The Labute approximate surface area is 143 Å². The zero-order chi connectivity index (χ0) is 18.6. The predicted octanol–water partition coefficient (Wildman–Crippen LogP) is -0.529. The Morgan fingerprint density at radius 2 is 0.875 bits per heavy atom. The Bertz CT molecular complexity index is 324. The first-order valence-electron chi connectivity index (χ1n) is 8.24. The van der Waals surface area contributed by atoms with Crippen LogP contribution < -0.4 is 0 Å². The molecule has 2 saturated heterocycles. The molecule has 0 saturated carbocycles. The summed E-state index contributed by atoms with van der Waals surface area (Å²) >= 11 is 0. The molecule has 10 atom stereocenters. The van der Waals surface area contributed by atoms with Gasteiger partial charge in [0, 0.05) is 26.1 Å². The molecule has 0 aliphatic carbocycles. The van der Waals surface area contributed by atoms with Gasteiger partial charge in [-0.25, -0.2) is 0 Å². The molecule has 8 nitrogen and oxygen atoms in total. The van der Waals surface area contributed by atoms with E-state index in [0.29, 0.717) is 0 Å². The fourth-order valence-corrected chi connectivity index (χ4v) is 2.72. The van der Waals surface area contributed by atoms with Gasteiger partial charge >= 0.3 is 0 Å². The van der Waals surface area contributed by atoms with E-state index in [2.05, 4.69) is 0 Å². The van der Waals surface area contributed by atoms with E-state index >= 15 is 0 Å². The normalized spacial score (nSPS) is 49.2. The standard InChI is InChI=1S/2C8H16O4/c2*1-4-5(2)12-8(11-3)7(10)6(4)9/h2*4-10H,1-3H3/t2*4-,5?,6+,7?,8+/m00/s1. The summed E-state index contributed by atoms with van der Waals surface area (Å²) in [6, 6.07) is 0. The van der Waals surface area contributed by atoms with E-state index in [0.717, 1.165) is 0 Å². The molecule has 0 amide bonds. The van der Waals surface area contributed by atoms with Gasteiger partial charge in [-0.2, -0.15) is 0 Å². The maximum absolute atomic E-state index is 9.51. The number of rotatable bonds is 2. The Hall–Kier alpha value is -0.320. The third-order valence-electron chi connectivity index (χ3n) is 4.98. The molecule has 4 N–H and O–H groups in total. The molecular weight excluding hydrogens is 320 g/mol. The average molecular weight is 352 g/mol. The number of aliphatic hydroxyl groups excluding tert-OH is 4. The minimum absolute atomic E-state index is 0.0635. The molecule has 2 aliphatic heterocycles. The molecule has 8 heteroatoms. The van der Waals surface area contributed by atoms with Gasteiger partial charge in [0.05, 0.1) is 24.4 Å². The fourth-order valence-electron chi connectivity index (χ4n) is 2.72. The van der Waals surface area contributed by atoms with Crippen LogP contribution in [-0.4, -0.2) is 83.8 Å². The zero-order valence-electron chi connectivity index (χ0n) is 15.2. The average Bonchev–Trinajstić information content (AvgIpc) is 2.58. The number of ether oxygens (including phenoxy) is 4. The van der Waals surface area contributed by atoms with Crippen molar-refractivity contribution in [1.29, 1.82) is 0 Å². The number of methoxy groups -OCH3 is 2. The Kier molecular flexibility index (Phi) is 8.51. The smallest absolute Gasteiger partial charge is 0.185 e. The molecule has 2 heterocycles. The second kappa shape index (κ2) is 9.40. The van der Waals surface area contributed by atoms with Crippen molar-refractivity contribution >= 4 is 0 Å². The first-order chi connectivity index (χ1) is 11.1. The summed E-state index contributed by atoms with van der Waals surface area (Å²) < 4.78 is 20.3. The Balaban J connectivity index is 0.000000240. The van der Waals surface area contributed by atoms with E-state index in [-0.39, 0.29) is 24.0 Å². The second-order valence-corrected chi connectivity index (χ2v) is 6.57. The monoisotopic (exact) mass is 352 g/mol. The van der Waals surface area contributed by atoms with E-state index in [9.17, 15) is 20.4 Å². The van der Waals surface area contributed by atoms with E-state index in [1.54, 1.807) is 0 Å². The van der Waals surface area contributed by atoms with Gasteiger partial charge in [0.1, 0.15) is 12.2 Å². The van der Waals surface area contributed by atoms with Crippen molar-refractivity contribution in [3.8, 4) is 0 Å². The first-order valence-corrected chi connectivity index (χ1v) is 8.24. The van der Waals surface area contributed by atoms with Crippen molar-refractivity contribution in [3.05, 3.63) is 0 Å². The third kappa shape index (κ3) is 4.86. The molecule has 0 bridgehead atoms. The van der Waals surface area contributed by atoms with Crippen molar-refractivity contribution in [1.82, 2.24) is 0 Å². The molecule has 0 aromatic rings. The summed E-state index contributed by atoms with van der Waals surface area (Å²) in [5, 5.41) is 37.9. The predicted molar refractivity (Wildman–Crippen MR) is 85.0 cm³/mol. The van der Waals surface area contributed by atoms with Crippen LogP contribution in [0.4, 0.5) is 0 Å². The quantitative estimate of drug-likeness (QED) is 0.524. The molecule has 144 valence electrons. The zero-order valence-corrected chi connectivity index (χ0v) is 15.2. The van der Waals surface area contributed by atoms with E-state index in [4.69, 9.17) is 18.9 Å². The molecule has 2 aliphatic rings. The lowest BCUT2D eigenvalue weighted by atomic mass is 9.92. The van der Waals surface area contributed by atoms with Gasteiger partial charge < -0.3 is 39.4 Å². The largest absolute Gasteiger partial charge is 0.390 e. The van der Waals surface area contributed by atoms with Crippen molar-refractivity contribution < 1.29 is 39.4 Å². The minimum Gasteiger partial charge on any atom is -0.390 e. The lowest BCUT2D eigenvalue weighted by Gasteiger charge is -2.39. The highest BCUT2D eigenvalue weighted by molar-refractivity contribution is 4.85. The highest BCUT2D eigenvalue weighted by Gasteiger charge is 2.41. The number of hydrogen-bond donors (Lipinski definition) is 4. The third-order valence-corrected chi connectivity index (χ3v) is 4.98. The van der Waals surface area contributed by atoms with Crippen LogP contribution in [0, 0.1) is 11.8 Å². The molecule has 0 aromatic carbocycles. The topological polar surface area (TPSA) is 118 Å². The first kappa shape index (κ1) is 21.7. The summed E-state index contributed by atoms with van der Waals surface area (Å²) in [5.41, 5.74) is 0. The van der Waals surface area contributed by atoms with Crippen LogP contribution in [0.25, 0.3) is 0 Å². The lowest BCUT2D eigenvalue weighted by Crippen LogP contribution is -2.53. The van der Waals surface area contributed by atoms with Crippen molar-refractivity contribution in [2.24, 2.45) is 11.8 Å². The van der Waals surface area contributed by atoms with Gasteiger partial charge in [-0.05, 0) is 13.8 Å². The van der Waals surface area contributed by atoms with E-state index < -0.39 is 37.0 Å². The summed E-state index contributed by atoms with van der Waals surface area (Å²) in [5.74, 6) is -0.127. The summed E-state index contributed by atoms with van der Waals surface area (Å²) in [6.45, 7) is 7.38. The van der Waals surface area contributed by atoms with Crippen LogP contribution in [0.1, 0.15) is 27.7 Å². The summed E-state index contributed by atoms with van der Waals surface area (Å²) in [4.78, 5) is 0. The molecule has 0 radical (unpaired) electrons. The Morgan fingerprint density at radius 1 is 0.583 bits per heavy atom. The molecule has 24 heavy (non-hydrogen) atoms. The maximum Gasteiger partial charge on any atom is 0.185 e. The van der Waals surface area contributed by atoms with E-state index in [1.165, 1.54) is 14.2 Å². The van der Waals surface area contributed by atoms with Crippen LogP contribution in [0.5, 0.6) is 0 Å². The number of aliphatic hydroxyl groups is 4. The van der Waals surface area contributed by atoms with Crippen LogP contribution in [0.2, 0.25) is 0 Å². The van der Waals surface area contributed by atoms with Gasteiger partial charge in [-0.3, -0.25) is 0 Å². The Morgan fingerprint density at radius 3 is 1.12 bits per heavy atom. The van der Waals surface area contributed by atoms with Gasteiger partial charge in [0.15, 0.2) is 12.6 Å². The van der Waals surface area contributed by atoms with Gasteiger partial charge in [0.2, 0.25) is 0 Å². The van der Waals surface area contributed by atoms with Crippen LogP contribution in [0.15, 0.2) is 0 Å².